The zero-order valence-electron chi connectivity index (χ0n) is 15.2. The van der Waals surface area contributed by atoms with Gasteiger partial charge >= 0.3 is 5.97 Å². The average Bonchev–Trinajstić information content (AvgIpc) is 2.51. The van der Waals surface area contributed by atoms with Gasteiger partial charge in [-0.15, -0.1) is 0 Å². The van der Waals surface area contributed by atoms with Gasteiger partial charge in [-0.25, -0.2) is 0 Å². The molecule has 22 heavy (non-hydrogen) atoms. The van der Waals surface area contributed by atoms with E-state index >= 15 is 0 Å². The second-order valence-electron chi connectivity index (χ2n) is 6.35. The smallest absolute Gasteiger partial charge is 0.306 e. The zero-order chi connectivity index (χ0) is 16.5. The van der Waals surface area contributed by atoms with Gasteiger partial charge in [0.25, 0.3) is 0 Å². The molecule has 0 N–H and O–H groups in total. The number of allylic oxidation sites excluding steroid dienone is 2. The average molecular weight is 311 g/mol. The quantitative estimate of drug-likeness (QED) is 0.194. The minimum atomic E-state index is -0.0210. The Kier molecular flexibility index (Phi) is 16.0. The van der Waals surface area contributed by atoms with Crippen molar-refractivity contribution in [2.45, 2.75) is 110 Å². The predicted octanol–water partition coefficient (Wildman–Crippen LogP) is 6.59. The molecule has 0 aromatic heterocycles. The number of hydrogen-bond donors (Lipinski definition) is 0. The molecule has 0 radical (unpaired) electrons. The van der Waals surface area contributed by atoms with Gasteiger partial charge in [-0.3, -0.25) is 4.79 Å². The van der Waals surface area contributed by atoms with Crippen molar-refractivity contribution >= 4 is 5.97 Å². The number of hydrogen-bond acceptors (Lipinski definition) is 2. The number of ether oxygens (including phenoxy) is 1. The van der Waals surface area contributed by atoms with Crippen LogP contribution >= 0.6 is 0 Å². The molecule has 0 bridgehead atoms. The Labute approximate surface area is 138 Å². The molecule has 0 aliphatic heterocycles. The molecule has 0 aliphatic carbocycles. The Morgan fingerprint density at radius 3 is 1.91 bits per heavy atom. The van der Waals surface area contributed by atoms with Crippen LogP contribution in [0.5, 0.6) is 0 Å². The molecule has 0 aromatic carbocycles. The van der Waals surface area contributed by atoms with Crippen LogP contribution in [0.4, 0.5) is 0 Å². The van der Waals surface area contributed by atoms with E-state index in [1.807, 2.05) is 13.8 Å². The molecule has 2 nitrogen and oxygen atoms in total. The largest absolute Gasteiger partial charge is 0.463 e. The molecule has 0 spiro atoms. The van der Waals surface area contributed by atoms with Crippen LogP contribution in [0.2, 0.25) is 0 Å². The summed E-state index contributed by atoms with van der Waals surface area (Å²) in [4.78, 5) is 11.5. The monoisotopic (exact) mass is 310 g/mol. The van der Waals surface area contributed by atoms with E-state index in [1.54, 1.807) is 0 Å². The van der Waals surface area contributed by atoms with Gasteiger partial charge < -0.3 is 4.74 Å². The van der Waals surface area contributed by atoms with Gasteiger partial charge in [0.05, 0.1) is 6.10 Å². The molecule has 1 atom stereocenters. The summed E-state index contributed by atoms with van der Waals surface area (Å²) in [6.07, 6.45) is 20.2. The Morgan fingerprint density at radius 2 is 1.41 bits per heavy atom. The first-order valence-corrected chi connectivity index (χ1v) is 9.51. The van der Waals surface area contributed by atoms with E-state index in [1.165, 1.54) is 64.2 Å². The number of rotatable bonds is 15. The van der Waals surface area contributed by atoms with E-state index in [0.29, 0.717) is 6.42 Å². The van der Waals surface area contributed by atoms with Gasteiger partial charge in [0.2, 0.25) is 0 Å². The molecule has 0 saturated carbocycles. The lowest BCUT2D eigenvalue weighted by Gasteiger charge is -2.10. The number of carbonyl (C=O) groups is 1. The third-order valence-corrected chi connectivity index (χ3v) is 4.14. The molecule has 0 amide bonds. The van der Waals surface area contributed by atoms with E-state index in [-0.39, 0.29) is 12.1 Å². The topological polar surface area (TPSA) is 26.3 Å². The van der Waals surface area contributed by atoms with Crippen LogP contribution in [0.25, 0.3) is 0 Å². The highest BCUT2D eigenvalue weighted by molar-refractivity contribution is 5.69. The van der Waals surface area contributed by atoms with Crippen LogP contribution in [0, 0.1) is 0 Å². The van der Waals surface area contributed by atoms with Crippen LogP contribution in [0.15, 0.2) is 12.2 Å². The molecule has 0 fully saturated rings. The van der Waals surface area contributed by atoms with Crippen molar-refractivity contribution in [1.82, 2.24) is 0 Å². The number of unbranched alkanes of at least 4 members (excludes halogenated alkanes) is 10. The Hall–Kier alpha value is -0.790. The summed E-state index contributed by atoms with van der Waals surface area (Å²) in [5, 5.41) is 0. The van der Waals surface area contributed by atoms with E-state index in [0.717, 1.165) is 12.8 Å². The lowest BCUT2D eigenvalue weighted by molar-refractivity contribution is -0.148. The maximum Gasteiger partial charge on any atom is 0.306 e. The Balaban J connectivity index is 3.15. The maximum atomic E-state index is 11.5. The van der Waals surface area contributed by atoms with Crippen LogP contribution in [-0.4, -0.2) is 12.1 Å². The summed E-state index contributed by atoms with van der Waals surface area (Å²) in [5.41, 5.74) is 0. The van der Waals surface area contributed by atoms with Crippen molar-refractivity contribution in [3.8, 4) is 0 Å². The van der Waals surface area contributed by atoms with Crippen LogP contribution < -0.4 is 0 Å². The molecular formula is C20H38O2. The second kappa shape index (κ2) is 16.6. The second-order valence-corrected chi connectivity index (χ2v) is 6.35. The first-order chi connectivity index (χ1) is 10.7. The summed E-state index contributed by atoms with van der Waals surface area (Å²) >= 11 is 0. The van der Waals surface area contributed by atoms with Crippen molar-refractivity contribution in [3.63, 3.8) is 0 Å². The Morgan fingerprint density at radius 1 is 0.909 bits per heavy atom. The van der Waals surface area contributed by atoms with Crippen molar-refractivity contribution in [2.75, 3.05) is 0 Å². The minimum Gasteiger partial charge on any atom is -0.463 e. The normalized spacial score (nSPS) is 12.7. The highest BCUT2D eigenvalue weighted by atomic mass is 16.5. The molecule has 130 valence electrons. The molecular weight excluding hydrogens is 272 g/mol. The number of carbonyl (C=O) groups excluding carboxylic acids is 1. The van der Waals surface area contributed by atoms with E-state index < -0.39 is 0 Å². The van der Waals surface area contributed by atoms with Gasteiger partial charge in [-0.05, 0) is 39.5 Å². The summed E-state index contributed by atoms with van der Waals surface area (Å²) < 4.78 is 5.26. The predicted molar refractivity (Wildman–Crippen MR) is 96.1 cm³/mol. The summed E-state index contributed by atoms with van der Waals surface area (Å²) in [7, 11) is 0. The molecule has 0 heterocycles. The minimum absolute atomic E-state index is 0.0210. The van der Waals surface area contributed by atoms with E-state index in [4.69, 9.17) is 4.74 Å². The van der Waals surface area contributed by atoms with Crippen LogP contribution in [0.3, 0.4) is 0 Å². The van der Waals surface area contributed by atoms with Crippen LogP contribution in [-0.2, 0) is 9.53 Å². The lowest BCUT2D eigenvalue weighted by Crippen LogP contribution is -2.13. The summed E-state index contributed by atoms with van der Waals surface area (Å²) in [6, 6.07) is 0. The summed E-state index contributed by atoms with van der Waals surface area (Å²) in [5.74, 6) is -0.0210. The van der Waals surface area contributed by atoms with Crippen molar-refractivity contribution in [3.05, 3.63) is 12.2 Å². The standard InChI is InChI=1S/C20H38O2/c1-4-6-7-8-9-10-11-12-13-14-15-16-17-18-20(21)22-19(3)5-2/h4,6,19H,5,7-18H2,1-3H3. The van der Waals surface area contributed by atoms with Crippen molar-refractivity contribution in [2.24, 2.45) is 0 Å². The lowest BCUT2D eigenvalue weighted by atomic mass is 10.1. The molecule has 0 aliphatic rings. The molecule has 0 aromatic rings. The SMILES string of the molecule is CC=CCCCCCCCCCCCCC(=O)OC(C)CC. The maximum absolute atomic E-state index is 11.5. The van der Waals surface area contributed by atoms with Gasteiger partial charge in [-0.2, -0.15) is 0 Å². The molecule has 1 unspecified atom stereocenters. The van der Waals surface area contributed by atoms with Crippen molar-refractivity contribution in [1.29, 1.82) is 0 Å². The third kappa shape index (κ3) is 15.6. The highest BCUT2D eigenvalue weighted by Gasteiger charge is 2.06. The van der Waals surface area contributed by atoms with Gasteiger partial charge in [-0.1, -0.05) is 70.4 Å². The number of esters is 1. The summed E-state index contributed by atoms with van der Waals surface area (Å²) in [6.45, 7) is 6.09. The van der Waals surface area contributed by atoms with Gasteiger partial charge in [0, 0.05) is 6.42 Å². The zero-order valence-corrected chi connectivity index (χ0v) is 15.2. The Bertz CT molecular complexity index is 271. The van der Waals surface area contributed by atoms with Gasteiger partial charge in [0.1, 0.15) is 0 Å². The fraction of sp³-hybridized carbons (Fsp3) is 0.850. The van der Waals surface area contributed by atoms with Crippen molar-refractivity contribution < 1.29 is 9.53 Å². The molecule has 2 heteroatoms. The molecule has 0 rings (SSSR count). The van der Waals surface area contributed by atoms with E-state index in [9.17, 15) is 4.79 Å². The van der Waals surface area contributed by atoms with Crippen LogP contribution in [0.1, 0.15) is 104 Å². The highest BCUT2D eigenvalue weighted by Crippen LogP contribution is 2.12. The fourth-order valence-electron chi connectivity index (χ4n) is 2.48. The molecule has 0 saturated heterocycles. The fourth-order valence-corrected chi connectivity index (χ4v) is 2.48. The first-order valence-electron chi connectivity index (χ1n) is 9.51. The third-order valence-electron chi connectivity index (χ3n) is 4.14. The van der Waals surface area contributed by atoms with E-state index in [2.05, 4.69) is 19.1 Å². The first kappa shape index (κ1) is 21.2. The van der Waals surface area contributed by atoms with Gasteiger partial charge in [0.15, 0.2) is 0 Å².